The Morgan fingerprint density at radius 1 is 1.60 bits per heavy atom. The first kappa shape index (κ1) is 15.6. The van der Waals surface area contributed by atoms with Gasteiger partial charge in [-0.2, -0.15) is 5.10 Å². The Balaban J connectivity index is 2.64. The number of non-ortho nitro benzene ring substituents is 1. The van der Waals surface area contributed by atoms with Gasteiger partial charge >= 0.3 is 0 Å². The zero-order chi connectivity index (χ0) is 15.1. The third-order valence-corrected chi connectivity index (χ3v) is 2.39. The van der Waals surface area contributed by atoms with Crippen molar-refractivity contribution in [1.29, 1.82) is 0 Å². The number of aliphatic hydroxyl groups excluding tert-OH is 1. The van der Waals surface area contributed by atoms with E-state index in [0.29, 0.717) is 6.42 Å². The quantitative estimate of drug-likeness (QED) is 0.439. The summed E-state index contributed by atoms with van der Waals surface area (Å²) in [7, 11) is 0. The van der Waals surface area contributed by atoms with E-state index in [4.69, 9.17) is 5.11 Å². The van der Waals surface area contributed by atoms with Gasteiger partial charge in [0.15, 0.2) is 0 Å². The number of nitrogens with one attached hydrogen (secondary N) is 1. The van der Waals surface area contributed by atoms with Gasteiger partial charge in [0.25, 0.3) is 5.69 Å². The summed E-state index contributed by atoms with van der Waals surface area (Å²) in [6.07, 6.45) is 0.851. The van der Waals surface area contributed by atoms with Crippen LogP contribution in [0.1, 0.15) is 25.3 Å². The molecule has 0 saturated carbocycles. The molecule has 1 aromatic carbocycles. The highest BCUT2D eigenvalue weighted by atomic mass is 16.6. The minimum atomic E-state index is -0.627. The van der Waals surface area contributed by atoms with Crippen LogP contribution in [0.15, 0.2) is 23.3 Å². The molecule has 1 atom stereocenters. The lowest BCUT2D eigenvalue weighted by molar-refractivity contribution is -0.385. The molecule has 0 saturated heterocycles. The third-order valence-electron chi connectivity index (χ3n) is 2.39. The Bertz CT molecular complexity index is 528. The van der Waals surface area contributed by atoms with E-state index in [1.165, 1.54) is 0 Å². The van der Waals surface area contributed by atoms with Crippen LogP contribution < -0.4 is 10.5 Å². The molecule has 1 rings (SSSR count). The van der Waals surface area contributed by atoms with Crippen LogP contribution in [0.4, 0.5) is 5.69 Å². The molecule has 0 aliphatic heterocycles. The molecule has 1 amide bonds. The van der Waals surface area contributed by atoms with Gasteiger partial charge in [-0.25, -0.2) is 5.43 Å². The van der Waals surface area contributed by atoms with E-state index >= 15 is 0 Å². The van der Waals surface area contributed by atoms with Gasteiger partial charge in [0.05, 0.1) is 17.2 Å². The average molecular weight is 280 g/mol. The molecule has 1 aromatic rings. The molecule has 0 bridgehead atoms. The number of carbonyl (C=O) groups is 1. The second-order valence-electron chi connectivity index (χ2n) is 4.16. The van der Waals surface area contributed by atoms with Gasteiger partial charge in [-0.15, -0.1) is 0 Å². The van der Waals surface area contributed by atoms with Crippen molar-refractivity contribution >= 4 is 17.8 Å². The molecule has 108 valence electrons. The van der Waals surface area contributed by atoms with Gasteiger partial charge < -0.3 is 10.2 Å². The monoisotopic (exact) mass is 280 g/mol. The fourth-order valence-corrected chi connectivity index (χ4v) is 1.32. The summed E-state index contributed by atoms with van der Waals surface area (Å²) < 4.78 is 0. The van der Waals surface area contributed by atoms with E-state index in [9.17, 15) is 20.0 Å². The first-order valence-corrected chi connectivity index (χ1v) is 5.85. The molecule has 0 heterocycles. The summed E-state index contributed by atoms with van der Waals surface area (Å²) in [6, 6.07) is 3.24. The number of rotatable bonds is 6. The predicted molar refractivity (Wildman–Crippen MR) is 69.2 cm³/mol. The van der Waals surface area contributed by atoms with Crippen molar-refractivity contribution in [2.45, 2.75) is 25.9 Å². The Morgan fingerprint density at radius 3 is 2.90 bits per heavy atom. The summed E-state index contributed by atoms with van der Waals surface area (Å²) in [6.45, 7) is 1.56. The predicted octanol–water partition coefficient (Wildman–Crippen LogP) is 0.279. The van der Waals surface area contributed by atoms with E-state index in [-0.39, 0.29) is 17.7 Å². The number of amides is 1. The van der Waals surface area contributed by atoms with E-state index in [1.807, 2.05) is 0 Å². The highest BCUT2D eigenvalue weighted by Crippen LogP contribution is 2.18. The van der Waals surface area contributed by atoms with Crippen LogP contribution in [-0.2, 0) is 4.79 Å². The average Bonchev–Trinajstić information content (AvgIpc) is 2.38. The molecule has 8 heteroatoms. The van der Waals surface area contributed by atoms with Gasteiger partial charge in [0.2, 0.25) is 5.91 Å². The molecule has 2 N–H and O–H groups in total. The molecule has 0 aromatic heterocycles. The lowest BCUT2D eigenvalue weighted by Gasteiger charge is -2.08. The SMILES string of the molecule is C[C@@H](O)CCC(=O)N/N=C\c1cc([N+](=O)[O-])ccc1[O-]. The molecular formula is C12H14N3O5-. The van der Waals surface area contributed by atoms with Gasteiger partial charge in [-0.3, -0.25) is 14.9 Å². The standard InChI is InChI=1S/C12H15N3O5/c1-8(16)2-5-12(18)14-13-7-9-6-10(15(19)20)3-4-11(9)17/h3-4,6-8,16-17H,2,5H2,1H3,(H,14,18)/p-1/b13-7-/t8-/m1/s1. The number of carbonyl (C=O) groups excluding carboxylic acids is 1. The van der Waals surface area contributed by atoms with E-state index in [1.54, 1.807) is 6.92 Å². The summed E-state index contributed by atoms with van der Waals surface area (Å²) in [4.78, 5) is 21.2. The van der Waals surface area contributed by atoms with E-state index in [0.717, 1.165) is 24.4 Å². The normalized spacial score (nSPS) is 12.3. The topological polar surface area (TPSA) is 128 Å². The lowest BCUT2D eigenvalue weighted by Crippen LogP contribution is -2.19. The molecular weight excluding hydrogens is 266 g/mol. The number of hydrazone groups is 1. The van der Waals surface area contributed by atoms with Gasteiger partial charge in [0, 0.05) is 18.6 Å². The maximum absolute atomic E-state index is 11.4. The number of nitro benzene ring substituents is 1. The van der Waals surface area contributed by atoms with E-state index in [2.05, 4.69) is 10.5 Å². The van der Waals surface area contributed by atoms with Crippen LogP contribution >= 0.6 is 0 Å². The maximum Gasteiger partial charge on any atom is 0.270 e. The smallest absolute Gasteiger partial charge is 0.270 e. The second kappa shape index (κ2) is 7.19. The van der Waals surface area contributed by atoms with Crippen molar-refractivity contribution in [2.24, 2.45) is 5.10 Å². The van der Waals surface area contributed by atoms with Crippen LogP contribution in [0.3, 0.4) is 0 Å². The van der Waals surface area contributed by atoms with Crippen LogP contribution in [0.25, 0.3) is 0 Å². The molecule has 0 spiro atoms. The maximum atomic E-state index is 11.4. The Kier molecular flexibility index (Phi) is 5.60. The second-order valence-corrected chi connectivity index (χ2v) is 4.16. The summed E-state index contributed by atoms with van der Waals surface area (Å²) in [5, 5.41) is 34.5. The van der Waals surface area contributed by atoms with Crippen molar-refractivity contribution in [3.8, 4) is 5.75 Å². The van der Waals surface area contributed by atoms with Crippen LogP contribution in [-0.4, -0.2) is 28.3 Å². The first-order valence-electron chi connectivity index (χ1n) is 5.85. The largest absolute Gasteiger partial charge is 0.872 e. The number of nitrogens with zero attached hydrogens (tertiary/aromatic N) is 2. The van der Waals surface area contributed by atoms with Crippen molar-refractivity contribution in [3.05, 3.63) is 33.9 Å². The van der Waals surface area contributed by atoms with Gasteiger partial charge in [-0.1, -0.05) is 11.8 Å². The number of hydrogen-bond acceptors (Lipinski definition) is 6. The van der Waals surface area contributed by atoms with Crippen LogP contribution in [0, 0.1) is 10.1 Å². The first-order chi connectivity index (χ1) is 9.40. The third kappa shape index (κ3) is 5.02. The number of nitro groups is 1. The minimum absolute atomic E-state index is 0.00928. The number of benzene rings is 1. The molecule has 0 unspecified atom stereocenters. The molecule has 0 aliphatic rings. The summed E-state index contributed by atoms with van der Waals surface area (Å²) in [5.41, 5.74) is 1.95. The highest BCUT2D eigenvalue weighted by Gasteiger charge is 2.06. The minimum Gasteiger partial charge on any atom is -0.872 e. The van der Waals surface area contributed by atoms with Crippen molar-refractivity contribution in [3.63, 3.8) is 0 Å². The van der Waals surface area contributed by atoms with Gasteiger partial charge in [-0.05, 0) is 18.9 Å². The Morgan fingerprint density at radius 2 is 2.30 bits per heavy atom. The van der Waals surface area contributed by atoms with Crippen molar-refractivity contribution < 1.29 is 19.9 Å². The molecule has 0 radical (unpaired) electrons. The Hall–Kier alpha value is -2.48. The van der Waals surface area contributed by atoms with Gasteiger partial charge in [0.1, 0.15) is 0 Å². The fourth-order valence-electron chi connectivity index (χ4n) is 1.32. The fraction of sp³-hybridized carbons (Fsp3) is 0.333. The molecule has 8 nitrogen and oxygen atoms in total. The zero-order valence-electron chi connectivity index (χ0n) is 10.8. The van der Waals surface area contributed by atoms with E-state index < -0.39 is 22.7 Å². The molecule has 0 aliphatic carbocycles. The molecule has 0 fully saturated rings. The zero-order valence-corrected chi connectivity index (χ0v) is 10.8. The van der Waals surface area contributed by atoms with Crippen LogP contribution in [0.2, 0.25) is 0 Å². The highest BCUT2D eigenvalue weighted by molar-refractivity contribution is 5.85. The molecule has 20 heavy (non-hydrogen) atoms. The Labute approximate surface area is 114 Å². The lowest BCUT2D eigenvalue weighted by atomic mass is 10.2. The number of aliphatic hydroxyl groups is 1. The van der Waals surface area contributed by atoms with Crippen molar-refractivity contribution in [1.82, 2.24) is 5.43 Å². The van der Waals surface area contributed by atoms with Crippen molar-refractivity contribution in [2.75, 3.05) is 0 Å². The summed E-state index contributed by atoms with van der Waals surface area (Å²) in [5.74, 6) is -0.849. The summed E-state index contributed by atoms with van der Waals surface area (Å²) >= 11 is 0. The number of hydrogen-bond donors (Lipinski definition) is 2. The van der Waals surface area contributed by atoms with Crippen LogP contribution in [0.5, 0.6) is 5.75 Å².